The van der Waals surface area contributed by atoms with Crippen LogP contribution >= 0.6 is 0 Å². The van der Waals surface area contributed by atoms with Crippen molar-refractivity contribution in [1.82, 2.24) is 9.96 Å². The Morgan fingerprint density at radius 1 is 1.05 bits per heavy atom. The minimum Gasteiger partial charge on any atom is -0.785 e. The number of hydrogen-bond donors (Lipinski definition) is 0. The van der Waals surface area contributed by atoms with Crippen molar-refractivity contribution in [3.63, 3.8) is 0 Å². The third-order valence-electron chi connectivity index (χ3n) is 6.21. The van der Waals surface area contributed by atoms with E-state index in [0.717, 1.165) is 43.2 Å². The van der Waals surface area contributed by atoms with Gasteiger partial charge in [-0.3, -0.25) is 0 Å². The quantitative estimate of drug-likeness (QED) is 0.775. The highest BCUT2D eigenvalue weighted by Crippen LogP contribution is 2.44. The predicted molar refractivity (Wildman–Crippen MR) is 83.4 cm³/mol. The molecule has 3 heteroatoms. The molecule has 0 aromatic carbocycles. The monoisotopic (exact) mass is 279 g/mol. The van der Waals surface area contributed by atoms with Gasteiger partial charge in [0.1, 0.15) is 0 Å². The number of piperidine rings is 2. The first kappa shape index (κ1) is 14.8. The summed E-state index contributed by atoms with van der Waals surface area (Å²) in [5.41, 5.74) is 0. The molecule has 2 saturated heterocycles. The van der Waals surface area contributed by atoms with E-state index in [2.05, 4.69) is 18.9 Å². The zero-order valence-corrected chi connectivity index (χ0v) is 13.3. The van der Waals surface area contributed by atoms with Crippen LogP contribution in [0, 0.1) is 23.0 Å². The molecule has 1 aliphatic carbocycles. The van der Waals surface area contributed by atoms with Gasteiger partial charge in [-0.2, -0.15) is 0 Å². The van der Waals surface area contributed by atoms with E-state index in [9.17, 15) is 5.21 Å². The van der Waals surface area contributed by atoms with Crippen LogP contribution in [-0.2, 0) is 0 Å². The largest absolute Gasteiger partial charge is 0.785 e. The lowest BCUT2D eigenvalue weighted by atomic mass is 9.66. The molecule has 0 N–H and O–H groups in total. The van der Waals surface area contributed by atoms with Crippen LogP contribution < -0.4 is 0 Å². The van der Waals surface area contributed by atoms with Crippen molar-refractivity contribution in [2.45, 2.75) is 70.4 Å². The van der Waals surface area contributed by atoms with E-state index < -0.39 is 0 Å². The molecule has 1 saturated carbocycles. The van der Waals surface area contributed by atoms with Gasteiger partial charge in [0, 0.05) is 6.04 Å². The lowest BCUT2D eigenvalue weighted by molar-refractivity contribution is 0.00774. The fraction of sp³-hybridized carbons (Fsp3) is 1.00. The Balaban J connectivity index is 1.67. The molecule has 20 heavy (non-hydrogen) atoms. The minimum absolute atomic E-state index is 0.326. The summed E-state index contributed by atoms with van der Waals surface area (Å²) in [6.07, 6.45) is 10.2. The molecule has 0 bridgehead atoms. The highest BCUT2D eigenvalue weighted by atomic mass is 16.5. The van der Waals surface area contributed by atoms with Gasteiger partial charge in [-0.1, -0.05) is 13.3 Å². The number of likely N-dealkylation sites (tertiary alicyclic amines) is 1. The van der Waals surface area contributed by atoms with Crippen molar-refractivity contribution in [3.8, 4) is 0 Å². The van der Waals surface area contributed by atoms with Gasteiger partial charge in [-0.15, -0.1) is 0 Å². The van der Waals surface area contributed by atoms with Crippen molar-refractivity contribution in [3.05, 3.63) is 5.21 Å². The summed E-state index contributed by atoms with van der Waals surface area (Å²) in [5, 5.41) is 13.5. The smallest absolute Gasteiger partial charge is 0.0126 e. The summed E-state index contributed by atoms with van der Waals surface area (Å²) in [5.74, 6) is 2.50. The number of nitrogens with zero attached hydrogens (tertiary/aromatic N) is 2. The number of hydroxylamine groups is 2. The summed E-state index contributed by atoms with van der Waals surface area (Å²) in [7, 11) is 2.31. The molecule has 0 aromatic rings. The first-order valence-corrected chi connectivity index (χ1v) is 8.79. The Labute approximate surface area is 124 Å². The lowest BCUT2D eigenvalue weighted by Crippen LogP contribution is -2.50. The van der Waals surface area contributed by atoms with E-state index >= 15 is 0 Å². The molecular formula is C17H31N2O-. The fourth-order valence-electron chi connectivity index (χ4n) is 5.20. The van der Waals surface area contributed by atoms with Crippen LogP contribution in [0.25, 0.3) is 0 Å². The molecule has 3 nitrogen and oxygen atoms in total. The molecule has 3 fully saturated rings. The second kappa shape index (κ2) is 6.33. The molecule has 116 valence electrons. The van der Waals surface area contributed by atoms with Crippen molar-refractivity contribution in [2.75, 3.05) is 20.1 Å². The summed E-state index contributed by atoms with van der Waals surface area (Å²) in [6, 6.07) is 1.12. The molecule has 5 atom stereocenters. The van der Waals surface area contributed by atoms with Crippen molar-refractivity contribution >= 4 is 0 Å². The van der Waals surface area contributed by atoms with Gasteiger partial charge in [0.15, 0.2) is 0 Å². The molecule has 3 rings (SSSR count). The molecular weight excluding hydrogens is 248 g/mol. The molecule has 0 amide bonds. The van der Waals surface area contributed by atoms with E-state index in [0.29, 0.717) is 6.04 Å². The fourth-order valence-corrected chi connectivity index (χ4v) is 5.20. The first-order valence-electron chi connectivity index (χ1n) is 8.79. The topological polar surface area (TPSA) is 29.5 Å². The van der Waals surface area contributed by atoms with E-state index in [4.69, 9.17) is 0 Å². The van der Waals surface area contributed by atoms with Crippen LogP contribution in [0.5, 0.6) is 0 Å². The maximum Gasteiger partial charge on any atom is 0.0126 e. The van der Waals surface area contributed by atoms with E-state index in [1.54, 1.807) is 0 Å². The van der Waals surface area contributed by atoms with Crippen LogP contribution in [0.1, 0.15) is 58.3 Å². The van der Waals surface area contributed by atoms with Crippen molar-refractivity contribution in [2.24, 2.45) is 17.8 Å². The van der Waals surface area contributed by atoms with E-state index in [1.807, 2.05) is 0 Å². The van der Waals surface area contributed by atoms with Crippen LogP contribution in [-0.4, -0.2) is 42.2 Å². The summed E-state index contributed by atoms with van der Waals surface area (Å²) < 4.78 is 0. The minimum atomic E-state index is 0.326. The highest BCUT2D eigenvalue weighted by molar-refractivity contribution is 4.94. The standard InChI is InChI=1S/C17H31N2O/c1-13-10-14(12-15-6-3-4-9-19(15)20)16-7-5-8-18(2)17(16)11-13/h13-17H,3-12H2,1-2H3/q-1. The van der Waals surface area contributed by atoms with Gasteiger partial charge in [0.2, 0.25) is 0 Å². The van der Waals surface area contributed by atoms with Crippen LogP contribution in [0.2, 0.25) is 0 Å². The average Bonchev–Trinajstić information content (AvgIpc) is 2.42. The Bertz CT molecular complexity index is 322. The normalized spacial score (nSPS) is 44.2. The van der Waals surface area contributed by atoms with Gasteiger partial charge >= 0.3 is 0 Å². The second-order valence-corrected chi connectivity index (χ2v) is 7.72. The Morgan fingerprint density at radius 2 is 1.90 bits per heavy atom. The van der Waals surface area contributed by atoms with E-state index in [1.165, 1.54) is 50.1 Å². The van der Waals surface area contributed by atoms with Crippen LogP contribution in [0.4, 0.5) is 0 Å². The van der Waals surface area contributed by atoms with Gasteiger partial charge in [0.05, 0.1) is 0 Å². The first-order chi connectivity index (χ1) is 9.65. The Morgan fingerprint density at radius 3 is 2.70 bits per heavy atom. The molecule has 0 radical (unpaired) electrons. The maximum absolute atomic E-state index is 12.1. The van der Waals surface area contributed by atoms with Gasteiger partial charge in [-0.25, -0.2) is 0 Å². The molecule has 5 unspecified atom stereocenters. The Kier molecular flexibility index (Phi) is 4.68. The number of fused-ring (bicyclic) bond motifs is 1. The summed E-state index contributed by atoms with van der Waals surface area (Å²) >= 11 is 0. The summed E-state index contributed by atoms with van der Waals surface area (Å²) in [6.45, 7) is 4.47. The molecule has 2 aliphatic heterocycles. The maximum atomic E-state index is 12.1. The third-order valence-corrected chi connectivity index (χ3v) is 6.21. The number of rotatable bonds is 2. The zero-order valence-electron chi connectivity index (χ0n) is 13.3. The SMILES string of the molecule is CC1CC(CC2CCCCN2[O-])C2CCCN(C)C2C1. The van der Waals surface area contributed by atoms with Gasteiger partial charge in [0.25, 0.3) is 0 Å². The van der Waals surface area contributed by atoms with Crippen LogP contribution in [0.3, 0.4) is 0 Å². The number of hydrogen-bond acceptors (Lipinski definition) is 3. The molecule has 2 heterocycles. The Hall–Kier alpha value is -0.120. The van der Waals surface area contributed by atoms with Crippen molar-refractivity contribution in [1.29, 1.82) is 0 Å². The van der Waals surface area contributed by atoms with Crippen LogP contribution in [0.15, 0.2) is 0 Å². The van der Waals surface area contributed by atoms with Gasteiger partial charge < -0.3 is 15.2 Å². The van der Waals surface area contributed by atoms with Gasteiger partial charge in [-0.05, 0) is 88.9 Å². The average molecular weight is 279 g/mol. The third kappa shape index (κ3) is 3.05. The molecule has 0 spiro atoms. The highest BCUT2D eigenvalue weighted by Gasteiger charge is 2.40. The lowest BCUT2D eigenvalue weighted by Gasteiger charge is -2.51. The van der Waals surface area contributed by atoms with Crippen molar-refractivity contribution < 1.29 is 0 Å². The second-order valence-electron chi connectivity index (χ2n) is 7.72. The van der Waals surface area contributed by atoms with E-state index in [-0.39, 0.29) is 0 Å². The summed E-state index contributed by atoms with van der Waals surface area (Å²) in [4.78, 5) is 2.60. The predicted octanol–water partition coefficient (Wildman–Crippen LogP) is 3.49. The zero-order chi connectivity index (χ0) is 14.1. The molecule has 3 aliphatic rings. The molecule has 0 aromatic heterocycles.